The molecule has 0 atom stereocenters. The van der Waals surface area contributed by atoms with Gasteiger partial charge in [0.05, 0.1) is 17.3 Å². The lowest BCUT2D eigenvalue weighted by molar-refractivity contribution is 0.282. The molecule has 134 valence electrons. The number of aliphatic hydroxyl groups is 1. The maximum absolute atomic E-state index is 13.9. The van der Waals surface area contributed by atoms with Gasteiger partial charge in [-0.2, -0.15) is 0 Å². The predicted molar refractivity (Wildman–Crippen MR) is 95.0 cm³/mol. The Bertz CT molecular complexity index is 1030. The van der Waals surface area contributed by atoms with Crippen molar-refractivity contribution in [1.82, 2.24) is 0 Å². The van der Waals surface area contributed by atoms with Gasteiger partial charge in [-0.25, -0.2) is 17.2 Å². The third-order valence-corrected chi connectivity index (χ3v) is 5.69. The average Bonchev–Trinajstić information content (AvgIpc) is 2.62. The van der Waals surface area contributed by atoms with Gasteiger partial charge in [0.2, 0.25) is 0 Å². The molecule has 3 nitrogen and oxygen atoms in total. The van der Waals surface area contributed by atoms with Crippen molar-refractivity contribution in [2.24, 2.45) is 0 Å². The molecule has 0 spiro atoms. The lowest BCUT2D eigenvalue weighted by Gasteiger charge is -2.08. The highest BCUT2D eigenvalue weighted by molar-refractivity contribution is 7.90. The Morgan fingerprint density at radius 3 is 2.19 bits per heavy atom. The van der Waals surface area contributed by atoms with Crippen LogP contribution < -0.4 is 0 Å². The first-order valence-corrected chi connectivity index (χ1v) is 9.51. The third kappa shape index (κ3) is 3.98. The van der Waals surface area contributed by atoms with E-state index >= 15 is 0 Å². The minimum absolute atomic E-state index is 0.109. The lowest BCUT2D eigenvalue weighted by atomic mass is 10.1. The number of hydrogen-bond acceptors (Lipinski definition) is 3. The second-order valence-electron chi connectivity index (χ2n) is 5.89. The van der Waals surface area contributed by atoms with Crippen LogP contribution in [0.25, 0.3) is 11.1 Å². The number of hydrogen-bond donors (Lipinski definition) is 1. The molecule has 0 bridgehead atoms. The smallest absolute Gasteiger partial charge is 0.182 e. The summed E-state index contributed by atoms with van der Waals surface area (Å²) < 4.78 is 52.0. The maximum atomic E-state index is 13.9. The Hall–Kier alpha value is -2.57. The number of halogens is 2. The van der Waals surface area contributed by atoms with Crippen molar-refractivity contribution in [1.29, 1.82) is 0 Å². The fourth-order valence-electron chi connectivity index (χ4n) is 2.69. The molecular weight excluding hydrogens is 358 g/mol. The van der Waals surface area contributed by atoms with Gasteiger partial charge in [0, 0.05) is 11.6 Å². The van der Waals surface area contributed by atoms with E-state index in [4.69, 9.17) is 5.11 Å². The number of aliphatic hydroxyl groups excluding tert-OH is 1. The highest BCUT2D eigenvalue weighted by Gasteiger charge is 2.16. The van der Waals surface area contributed by atoms with E-state index in [1.807, 2.05) is 0 Å². The summed E-state index contributed by atoms with van der Waals surface area (Å²) in [5.74, 6) is -1.58. The molecule has 0 heterocycles. The van der Waals surface area contributed by atoms with Gasteiger partial charge in [0.15, 0.2) is 9.84 Å². The molecule has 0 aromatic heterocycles. The van der Waals surface area contributed by atoms with Gasteiger partial charge in [-0.05, 0) is 41.0 Å². The Balaban J connectivity index is 1.87. The number of sulfone groups is 1. The van der Waals surface area contributed by atoms with E-state index in [1.165, 1.54) is 30.3 Å². The summed E-state index contributed by atoms with van der Waals surface area (Å²) in [6.07, 6.45) is 0. The second kappa shape index (κ2) is 7.35. The molecule has 0 saturated carbocycles. The predicted octanol–water partition coefficient (Wildman–Crippen LogP) is 4.10. The van der Waals surface area contributed by atoms with Crippen molar-refractivity contribution >= 4 is 9.84 Å². The van der Waals surface area contributed by atoms with Gasteiger partial charge in [-0.3, -0.25) is 0 Å². The quantitative estimate of drug-likeness (QED) is 0.732. The molecule has 0 amide bonds. The first-order chi connectivity index (χ1) is 12.4. The van der Waals surface area contributed by atoms with Crippen LogP contribution in [0.4, 0.5) is 8.78 Å². The van der Waals surface area contributed by atoms with Crippen molar-refractivity contribution < 1.29 is 22.3 Å². The van der Waals surface area contributed by atoms with Crippen LogP contribution in [0.1, 0.15) is 11.1 Å². The lowest BCUT2D eigenvalue weighted by Crippen LogP contribution is -2.05. The minimum Gasteiger partial charge on any atom is -0.392 e. The molecular formula is C20H16F2O3S. The minimum atomic E-state index is -3.59. The summed E-state index contributed by atoms with van der Waals surface area (Å²) in [6, 6.07) is 15.8. The van der Waals surface area contributed by atoms with E-state index in [-0.39, 0.29) is 22.8 Å². The topological polar surface area (TPSA) is 54.4 Å². The highest BCUT2D eigenvalue weighted by Crippen LogP contribution is 2.26. The van der Waals surface area contributed by atoms with Crippen molar-refractivity contribution in [2.45, 2.75) is 17.3 Å². The van der Waals surface area contributed by atoms with Crippen LogP contribution in [0.3, 0.4) is 0 Å². The summed E-state index contributed by atoms with van der Waals surface area (Å²) in [5.41, 5.74) is 1.87. The Labute approximate surface area is 150 Å². The van der Waals surface area contributed by atoms with Crippen LogP contribution in [0.15, 0.2) is 71.6 Å². The number of benzene rings is 3. The van der Waals surface area contributed by atoms with E-state index in [2.05, 4.69) is 0 Å². The van der Waals surface area contributed by atoms with E-state index in [0.717, 1.165) is 12.1 Å². The molecule has 0 unspecified atom stereocenters. The van der Waals surface area contributed by atoms with Crippen molar-refractivity contribution in [3.8, 4) is 11.1 Å². The van der Waals surface area contributed by atoms with Crippen molar-refractivity contribution in [3.63, 3.8) is 0 Å². The molecule has 3 aromatic carbocycles. The van der Waals surface area contributed by atoms with Crippen molar-refractivity contribution in [2.75, 3.05) is 0 Å². The normalized spacial score (nSPS) is 11.5. The monoisotopic (exact) mass is 374 g/mol. The summed E-state index contributed by atoms with van der Waals surface area (Å²) in [5, 5.41) is 9.15. The summed E-state index contributed by atoms with van der Waals surface area (Å²) in [7, 11) is -3.59. The SMILES string of the molecule is O=S(=O)(Cc1cccc(CO)c1)c1ccc(-c2ccc(F)cc2F)cc1. The molecule has 0 aliphatic rings. The van der Waals surface area contributed by atoms with Gasteiger partial charge < -0.3 is 5.11 Å². The van der Waals surface area contributed by atoms with Crippen LogP contribution >= 0.6 is 0 Å². The fraction of sp³-hybridized carbons (Fsp3) is 0.100. The van der Waals surface area contributed by atoms with Gasteiger partial charge >= 0.3 is 0 Å². The van der Waals surface area contributed by atoms with Crippen LogP contribution in [-0.4, -0.2) is 13.5 Å². The molecule has 0 saturated heterocycles. The Morgan fingerprint density at radius 1 is 0.846 bits per heavy atom. The molecule has 26 heavy (non-hydrogen) atoms. The molecule has 0 aliphatic heterocycles. The van der Waals surface area contributed by atoms with Crippen LogP contribution in [0.2, 0.25) is 0 Å². The molecule has 3 aromatic rings. The van der Waals surface area contributed by atoms with Gasteiger partial charge in [0.25, 0.3) is 0 Å². The van der Waals surface area contributed by atoms with Crippen LogP contribution in [0.5, 0.6) is 0 Å². The highest BCUT2D eigenvalue weighted by atomic mass is 32.2. The summed E-state index contributed by atoms with van der Waals surface area (Å²) >= 11 is 0. The van der Waals surface area contributed by atoms with Crippen LogP contribution in [-0.2, 0) is 22.2 Å². The average molecular weight is 374 g/mol. The molecule has 6 heteroatoms. The number of rotatable bonds is 5. The second-order valence-corrected chi connectivity index (χ2v) is 7.88. The standard InChI is InChI=1S/C20H16F2O3S/c21-17-6-9-19(20(22)11-17)16-4-7-18(8-5-16)26(24,25)13-15-3-1-2-14(10-15)12-23/h1-11,23H,12-13H2. The fourth-order valence-corrected chi connectivity index (χ4v) is 4.02. The largest absolute Gasteiger partial charge is 0.392 e. The van der Waals surface area contributed by atoms with E-state index < -0.39 is 21.5 Å². The third-order valence-electron chi connectivity index (χ3n) is 3.99. The maximum Gasteiger partial charge on any atom is 0.182 e. The Kier molecular flexibility index (Phi) is 5.15. The summed E-state index contributed by atoms with van der Waals surface area (Å²) in [4.78, 5) is 0.109. The molecule has 0 radical (unpaired) electrons. The zero-order chi connectivity index (χ0) is 18.7. The van der Waals surface area contributed by atoms with E-state index in [9.17, 15) is 17.2 Å². The Morgan fingerprint density at radius 2 is 1.54 bits per heavy atom. The van der Waals surface area contributed by atoms with E-state index in [1.54, 1.807) is 24.3 Å². The molecule has 0 fully saturated rings. The first kappa shape index (κ1) is 18.2. The first-order valence-electron chi connectivity index (χ1n) is 7.86. The van der Waals surface area contributed by atoms with Crippen molar-refractivity contribution in [3.05, 3.63) is 89.5 Å². The van der Waals surface area contributed by atoms with Gasteiger partial charge in [0.1, 0.15) is 11.6 Å². The van der Waals surface area contributed by atoms with Crippen LogP contribution in [0, 0.1) is 11.6 Å². The van der Waals surface area contributed by atoms with Gasteiger partial charge in [-0.1, -0.05) is 36.4 Å². The molecule has 1 N–H and O–H groups in total. The zero-order valence-electron chi connectivity index (χ0n) is 13.7. The van der Waals surface area contributed by atoms with Gasteiger partial charge in [-0.15, -0.1) is 0 Å². The molecule has 3 rings (SSSR count). The molecule has 0 aliphatic carbocycles. The zero-order valence-corrected chi connectivity index (χ0v) is 14.5. The summed E-state index contributed by atoms with van der Waals surface area (Å²) in [6.45, 7) is -0.161. The van der Waals surface area contributed by atoms with E-state index in [0.29, 0.717) is 16.7 Å².